The van der Waals surface area contributed by atoms with Crippen molar-refractivity contribution in [2.45, 2.75) is 25.6 Å². The highest BCUT2D eigenvalue weighted by Crippen LogP contribution is 2.29. The molecule has 4 heteroatoms. The normalized spacial score (nSPS) is 28.1. The third-order valence-corrected chi connectivity index (χ3v) is 3.79. The summed E-state index contributed by atoms with van der Waals surface area (Å²) in [6.07, 6.45) is 0.945. The lowest BCUT2D eigenvalue weighted by Gasteiger charge is -2.30. The number of ether oxygens (including phenoxy) is 1. The van der Waals surface area contributed by atoms with E-state index in [9.17, 15) is 4.79 Å². The van der Waals surface area contributed by atoms with E-state index in [0.717, 1.165) is 13.0 Å². The first kappa shape index (κ1) is 11.7. The van der Waals surface area contributed by atoms with Crippen LogP contribution in [0.2, 0.25) is 0 Å². The summed E-state index contributed by atoms with van der Waals surface area (Å²) >= 11 is 0. The average molecular weight is 246 g/mol. The first-order valence-corrected chi connectivity index (χ1v) is 6.45. The number of nitrogens with one attached hydrogen (secondary N) is 1. The fourth-order valence-electron chi connectivity index (χ4n) is 2.83. The first-order valence-electron chi connectivity index (χ1n) is 6.45. The van der Waals surface area contributed by atoms with Crippen molar-refractivity contribution < 1.29 is 9.53 Å². The van der Waals surface area contributed by atoms with Crippen molar-refractivity contribution in [2.24, 2.45) is 0 Å². The Morgan fingerprint density at radius 3 is 2.94 bits per heavy atom. The monoisotopic (exact) mass is 246 g/mol. The average Bonchev–Trinajstić information content (AvgIpc) is 2.98. The van der Waals surface area contributed by atoms with Crippen LogP contribution in [0.1, 0.15) is 23.7 Å². The minimum atomic E-state index is 0.00500. The summed E-state index contributed by atoms with van der Waals surface area (Å²) in [4.78, 5) is 14.0. The van der Waals surface area contributed by atoms with Crippen LogP contribution in [-0.2, 0) is 9.53 Å². The Labute approximate surface area is 107 Å². The molecule has 96 valence electrons. The second-order valence-corrected chi connectivity index (χ2v) is 4.96. The summed E-state index contributed by atoms with van der Waals surface area (Å²) in [6.45, 7) is 3.93. The molecule has 2 aliphatic rings. The van der Waals surface area contributed by atoms with Crippen LogP contribution in [0.25, 0.3) is 0 Å². The molecule has 0 radical (unpaired) electrons. The van der Waals surface area contributed by atoms with E-state index in [1.165, 1.54) is 11.1 Å². The van der Waals surface area contributed by atoms with Gasteiger partial charge in [0.05, 0.1) is 19.2 Å². The van der Waals surface area contributed by atoms with Gasteiger partial charge in [0.2, 0.25) is 5.91 Å². The summed E-state index contributed by atoms with van der Waals surface area (Å²) in [5.41, 5.74) is 2.41. The molecule has 1 aromatic rings. The minimum absolute atomic E-state index is 0.00500. The summed E-state index contributed by atoms with van der Waals surface area (Å²) in [5.74, 6) is 0.179. The number of hydrogen-bond donors (Lipinski definition) is 1. The Bertz CT molecular complexity index is 455. The number of carbonyl (C=O) groups is 1. The van der Waals surface area contributed by atoms with E-state index < -0.39 is 0 Å². The Morgan fingerprint density at radius 1 is 1.39 bits per heavy atom. The van der Waals surface area contributed by atoms with Crippen molar-refractivity contribution in [2.75, 3.05) is 19.8 Å². The van der Waals surface area contributed by atoms with Crippen LogP contribution < -0.4 is 5.32 Å². The predicted octanol–water partition coefficient (Wildman–Crippen LogP) is 1.21. The van der Waals surface area contributed by atoms with Gasteiger partial charge < -0.3 is 9.64 Å². The van der Waals surface area contributed by atoms with Crippen LogP contribution in [0, 0.1) is 6.92 Å². The zero-order valence-electron chi connectivity index (χ0n) is 10.6. The minimum Gasteiger partial charge on any atom is -0.379 e. The fourth-order valence-corrected chi connectivity index (χ4v) is 2.83. The second-order valence-electron chi connectivity index (χ2n) is 4.96. The van der Waals surface area contributed by atoms with Gasteiger partial charge in [-0.15, -0.1) is 0 Å². The van der Waals surface area contributed by atoms with Crippen molar-refractivity contribution in [3.63, 3.8) is 0 Å². The van der Waals surface area contributed by atoms with E-state index in [1.54, 1.807) is 0 Å². The maximum atomic E-state index is 12.1. The van der Waals surface area contributed by atoms with Crippen LogP contribution in [-0.4, -0.2) is 36.6 Å². The van der Waals surface area contributed by atoms with Crippen LogP contribution in [0.3, 0.4) is 0 Å². The molecule has 2 unspecified atom stereocenters. The van der Waals surface area contributed by atoms with E-state index in [2.05, 4.69) is 24.4 Å². The molecule has 0 aromatic heterocycles. The van der Waals surface area contributed by atoms with Crippen molar-refractivity contribution >= 4 is 5.91 Å². The van der Waals surface area contributed by atoms with Crippen LogP contribution in [0.5, 0.6) is 0 Å². The van der Waals surface area contributed by atoms with Gasteiger partial charge in [-0.3, -0.25) is 10.1 Å². The molecule has 3 rings (SSSR count). The van der Waals surface area contributed by atoms with Crippen LogP contribution in [0.15, 0.2) is 24.3 Å². The topological polar surface area (TPSA) is 41.6 Å². The SMILES string of the molecule is Cc1ccccc1C1NCC(=O)N1C1CCOC1. The number of carbonyl (C=O) groups excluding carboxylic acids is 1. The molecule has 1 N–H and O–H groups in total. The van der Waals surface area contributed by atoms with Crippen LogP contribution >= 0.6 is 0 Å². The van der Waals surface area contributed by atoms with Crippen LogP contribution in [0.4, 0.5) is 0 Å². The van der Waals surface area contributed by atoms with Gasteiger partial charge in [0.15, 0.2) is 0 Å². The highest BCUT2D eigenvalue weighted by atomic mass is 16.5. The molecule has 2 saturated heterocycles. The molecule has 4 nitrogen and oxygen atoms in total. The van der Waals surface area contributed by atoms with Gasteiger partial charge in [-0.05, 0) is 24.5 Å². The van der Waals surface area contributed by atoms with Gasteiger partial charge in [0, 0.05) is 6.61 Å². The molecule has 0 saturated carbocycles. The smallest absolute Gasteiger partial charge is 0.238 e. The summed E-state index contributed by atoms with van der Waals surface area (Å²) in [7, 11) is 0. The molecule has 0 bridgehead atoms. The largest absolute Gasteiger partial charge is 0.379 e. The third-order valence-electron chi connectivity index (χ3n) is 3.79. The molecule has 2 aliphatic heterocycles. The van der Waals surface area contributed by atoms with E-state index in [1.807, 2.05) is 17.0 Å². The lowest BCUT2D eigenvalue weighted by molar-refractivity contribution is -0.130. The van der Waals surface area contributed by atoms with E-state index in [4.69, 9.17) is 4.74 Å². The fraction of sp³-hybridized carbons (Fsp3) is 0.500. The Balaban J connectivity index is 1.91. The standard InChI is InChI=1S/C14H18N2O2/c1-10-4-2-3-5-12(10)14-15-8-13(17)16(14)11-6-7-18-9-11/h2-5,11,14-15H,6-9H2,1H3. The van der Waals surface area contributed by atoms with Crippen molar-refractivity contribution in [1.29, 1.82) is 0 Å². The molecular weight excluding hydrogens is 228 g/mol. The molecule has 2 fully saturated rings. The van der Waals surface area contributed by atoms with Gasteiger partial charge in [-0.2, -0.15) is 0 Å². The van der Waals surface area contributed by atoms with E-state index in [0.29, 0.717) is 13.2 Å². The highest BCUT2D eigenvalue weighted by molar-refractivity contribution is 5.81. The number of benzene rings is 1. The summed E-state index contributed by atoms with van der Waals surface area (Å²) in [6, 6.07) is 8.45. The number of rotatable bonds is 2. The third kappa shape index (κ3) is 1.91. The lowest BCUT2D eigenvalue weighted by atomic mass is 10.0. The molecule has 18 heavy (non-hydrogen) atoms. The molecule has 0 spiro atoms. The lowest BCUT2D eigenvalue weighted by Crippen LogP contribution is -2.40. The predicted molar refractivity (Wildman–Crippen MR) is 68.0 cm³/mol. The number of aryl methyl sites for hydroxylation is 1. The number of hydrogen-bond acceptors (Lipinski definition) is 3. The Kier molecular flexibility index (Phi) is 3.06. The zero-order chi connectivity index (χ0) is 12.5. The van der Waals surface area contributed by atoms with Gasteiger partial charge >= 0.3 is 0 Å². The van der Waals surface area contributed by atoms with E-state index in [-0.39, 0.29) is 18.1 Å². The molecule has 1 aromatic carbocycles. The first-order chi connectivity index (χ1) is 8.77. The van der Waals surface area contributed by atoms with Gasteiger partial charge in [-0.1, -0.05) is 24.3 Å². The van der Waals surface area contributed by atoms with Crippen molar-refractivity contribution in [1.82, 2.24) is 10.2 Å². The Morgan fingerprint density at radius 2 is 2.22 bits per heavy atom. The maximum Gasteiger partial charge on any atom is 0.238 e. The number of nitrogens with zero attached hydrogens (tertiary/aromatic N) is 1. The zero-order valence-corrected chi connectivity index (χ0v) is 10.6. The maximum absolute atomic E-state index is 12.1. The summed E-state index contributed by atoms with van der Waals surface area (Å²) in [5, 5.41) is 3.31. The second kappa shape index (κ2) is 4.71. The molecule has 0 aliphatic carbocycles. The van der Waals surface area contributed by atoms with Crippen molar-refractivity contribution in [3.8, 4) is 0 Å². The molecule has 2 atom stereocenters. The van der Waals surface area contributed by atoms with Crippen molar-refractivity contribution in [3.05, 3.63) is 35.4 Å². The number of amides is 1. The summed E-state index contributed by atoms with van der Waals surface area (Å²) < 4.78 is 5.41. The highest BCUT2D eigenvalue weighted by Gasteiger charge is 2.38. The Hall–Kier alpha value is -1.39. The van der Waals surface area contributed by atoms with Gasteiger partial charge in [-0.25, -0.2) is 0 Å². The molecule has 1 amide bonds. The molecular formula is C14H18N2O2. The quantitative estimate of drug-likeness (QED) is 0.853. The molecule has 2 heterocycles. The van der Waals surface area contributed by atoms with E-state index >= 15 is 0 Å². The van der Waals surface area contributed by atoms with Gasteiger partial charge in [0.1, 0.15) is 6.17 Å². The van der Waals surface area contributed by atoms with Gasteiger partial charge in [0.25, 0.3) is 0 Å².